The molecule has 0 aliphatic rings. The molecule has 116 valence electrons. The van der Waals surface area contributed by atoms with E-state index in [0.29, 0.717) is 12.2 Å². The Hall–Kier alpha value is -3.15. The Morgan fingerprint density at radius 1 is 1.17 bits per heavy atom. The molecular weight excluding hydrogens is 294 g/mol. The van der Waals surface area contributed by atoms with E-state index in [1.807, 2.05) is 30.3 Å². The largest absolute Gasteiger partial charge is 0.472 e. The summed E-state index contributed by atoms with van der Waals surface area (Å²) in [5.74, 6) is 0. The Morgan fingerprint density at radius 3 is 2.83 bits per heavy atom. The molecule has 1 amide bonds. The number of rotatable bonds is 5. The first kappa shape index (κ1) is 14.8. The Kier molecular flexibility index (Phi) is 4.63. The minimum atomic E-state index is -0.491. The lowest BCUT2D eigenvalue weighted by atomic mass is 10.2. The van der Waals surface area contributed by atoms with Gasteiger partial charge in [0.25, 0.3) is 0 Å². The molecule has 0 bridgehead atoms. The quantitative estimate of drug-likeness (QED) is 0.783. The molecule has 3 rings (SSSR count). The Labute approximate surface area is 133 Å². The maximum absolute atomic E-state index is 11.6. The summed E-state index contributed by atoms with van der Waals surface area (Å²) in [6, 6.07) is 11.1. The molecule has 0 saturated heterocycles. The van der Waals surface area contributed by atoms with Crippen LogP contribution in [0.25, 0.3) is 11.3 Å². The van der Waals surface area contributed by atoms with Crippen LogP contribution in [0.4, 0.5) is 4.79 Å². The second-order valence-corrected chi connectivity index (χ2v) is 4.81. The molecule has 1 N–H and O–H groups in total. The molecule has 3 aromatic rings. The van der Waals surface area contributed by atoms with Crippen molar-refractivity contribution in [2.45, 2.75) is 13.2 Å². The third-order valence-corrected chi connectivity index (χ3v) is 3.16. The highest BCUT2D eigenvalue weighted by atomic mass is 16.5. The number of carbonyl (C=O) groups is 1. The van der Waals surface area contributed by atoms with E-state index in [0.717, 1.165) is 16.8 Å². The van der Waals surface area contributed by atoms with Crippen molar-refractivity contribution in [1.29, 1.82) is 0 Å². The van der Waals surface area contributed by atoms with Crippen LogP contribution in [0.1, 0.15) is 11.3 Å². The fraction of sp³-hybridized carbons (Fsp3) is 0.118. The average molecular weight is 309 g/mol. The third kappa shape index (κ3) is 4.16. The van der Waals surface area contributed by atoms with E-state index in [2.05, 4.69) is 15.3 Å². The van der Waals surface area contributed by atoms with Gasteiger partial charge in [-0.2, -0.15) is 0 Å². The van der Waals surface area contributed by atoms with Gasteiger partial charge in [0, 0.05) is 24.5 Å². The van der Waals surface area contributed by atoms with Crippen molar-refractivity contribution >= 4 is 6.09 Å². The van der Waals surface area contributed by atoms with Crippen molar-refractivity contribution in [3.8, 4) is 11.3 Å². The maximum Gasteiger partial charge on any atom is 0.407 e. The molecule has 3 aromatic heterocycles. The summed E-state index contributed by atoms with van der Waals surface area (Å²) in [5.41, 5.74) is 3.32. The summed E-state index contributed by atoms with van der Waals surface area (Å²) in [5, 5.41) is 2.68. The van der Waals surface area contributed by atoms with Crippen LogP contribution in [0, 0.1) is 0 Å². The molecule has 0 spiro atoms. The minimum Gasteiger partial charge on any atom is -0.472 e. The van der Waals surface area contributed by atoms with Crippen LogP contribution in [0.3, 0.4) is 0 Å². The number of aromatic nitrogens is 2. The molecule has 0 saturated carbocycles. The highest BCUT2D eigenvalue weighted by Gasteiger charge is 2.05. The fourth-order valence-electron chi connectivity index (χ4n) is 1.96. The van der Waals surface area contributed by atoms with Gasteiger partial charge in [0.05, 0.1) is 23.9 Å². The first-order valence-corrected chi connectivity index (χ1v) is 7.09. The van der Waals surface area contributed by atoms with Gasteiger partial charge in [-0.25, -0.2) is 4.79 Å². The second kappa shape index (κ2) is 7.22. The summed E-state index contributed by atoms with van der Waals surface area (Å²) >= 11 is 0. The standard InChI is InChI=1S/C17H15N3O3/c21-17(23-12-15-3-1-2-7-18-15)20-10-13-4-5-16(19-9-13)14-6-8-22-11-14/h1-9,11H,10,12H2,(H,20,21). The summed E-state index contributed by atoms with van der Waals surface area (Å²) in [6.45, 7) is 0.490. The second-order valence-electron chi connectivity index (χ2n) is 4.81. The zero-order valence-electron chi connectivity index (χ0n) is 12.3. The van der Waals surface area contributed by atoms with Crippen molar-refractivity contribution in [3.63, 3.8) is 0 Å². The van der Waals surface area contributed by atoms with E-state index < -0.39 is 6.09 Å². The highest BCUT2D eigenvalue weighted by molar-refractivity contribution is 5.67. The summed E-state index contributed by atoms with van der Waals surface area (Å²) in [7, 11) is 0. The third-order valence-electron chi connectivity index (χ3n) is 3.16. The minimum absolute atomic E-state index is 0.143. The number of amides is 1. The van der Waals surface area contributed by atoms with Crippen molar-refractivity contribution in [1.82, 2.24) is 15.3 Å². The van der Waals surface area contributed by atoms with E-state index in [4.69, 9.17) is 9.15 Å². The number of nitrogens with zero attached hydrogens (tertiary/aromatic N) is 2. The van der Waals surface area contributed by atoms with E-state index in [9.17, 15) is 4.79 Å². The number of hydrogen-bond acceptors (Lipinski definition) is 5. The predicted molar refractivity (Wildman–Crippen MR) is 83.2 cm³/mol. The summed E-state index contributed by atoms with van der Waals surface area (Å²) in [4.78, 5) is 20.1. The molecule has 0 atom stereocenters. The molecule has 0 unspecified atom stereocenters. The average Bonchev–Trinajstić information content (AvgIpc) is 3.14. The van der Waals surface area contributed by atoms with Crippen LogP contribution >= 0.6 is 0 Å². The van der Waals surface area contributed by atoms with Crippen LogP contribution in [0.15, 0.2) is 65.7 Å². The van der Waals surface area contributed by atoms with Gasteiger partial charge in [0.2, 0.25) is 0 Å². The fourth-order valence-corrected chi connectivity index (χ4v) is 1.96. The first-order valence-electron chi connectivity index (χ1n) is 7.09. The number of pyridine rings is 2. The normalized spacial score (nSPS) is 10.3. The van der Waals surface area contributed by atoms with Gasteiger partial charge in [0.1, 0.15) is 6.61 Å². The van der Waals surface area contributed by atoms with Crippen molar-refractivity contribution in [2.75, 3.05) is 0 Å². The number of hydrogen-bond donors (Lipinski definition) is 1. The summed E-state index contributed by atoms with van der Waals surface area (Å²) < 4.78 is 10.1. The van der Waals surface area contributed by atoms with Gasteiger partial charge >= 0.3 is 6.09 Å². The smallest absolute Gasteiger partial charge is 0.407 e. The zero-order chi connectivity index (χ0) is 15.9. The Morgan fingerprint density at radius 2 is 2.13 bits per heavy atom. The molecule has 3 heterocycles. The SMILES string of the molecule is O=C(NCc1ccc(-c2ccoc2)nc1)OCc1ccccn1. The highest BCUT2D eigenvalue weighted by Crippen LogP contribution is 2.16. The van der Waals surface area contributed by atoms with Gasteiger partial charge in [-0.05, 0) is 29.8 Å². The van der Waals surface area contributed by atoms with E-state index in [-0.39, 0.29) is 6.61 Å². The molecule has 0 aliphatic heterocycles. The monoisotopic (exact) mass is 309 g/mol. The summed E-state index contributed by atoms with van der Waals surface area (Å²) in [6.07, 6.45) is 6.11. The van der Waals surface area contributed by atoms with Crippen molar-refractivity contribution in [2.24, 2.45) is 0 Å². The topological polar surface area (TPSA) is 77.2 Å². The van der Waals surface area contributed by atoms with Gasteiger partial charge < -0.3 is 14.5 Å². The number of ether oxygens (including phenoxy) is 1. The Bertz CT molecular complexity index is 741. The molecule has 0 aromatic carbocycles. The van der Waals surface area contributed by atoms with Gasteiger partial charge in [-0.3, -0.25) is 9.97 Å². The van der Waals surface area contributed by atoms with Crippen LogP contribution in [-0.4, -0.2) is 16.1 Å². The molecule has 0 fully saturated rings. The van der Waals surface area contributed by atoms with Crippen molar-refractivity contribution < 1.29 is 13.9 Å². The van der Waals surface area contributed by atoms with E-state index in [1.165, 1.54) is 0 Å². The molecule has 0 radical (unpaired) electrons. The number of alkyl carbamates (subject to hydrolysis) is 1. The van der Waals surface area contributed by atoms with Gasteiger partial charge in [-0.15, -0.1) is 0 Å². The van der Waals surface area contributed by atoms with Crippen LogP contribution in [0.5, 0.6) is 0 Å². The van der Waals surface area contributed by atoms with Crippen LogP contribution in [0.2, 0.25) is 0 Å². The zero-order valence-corrected chi connectivity index (χ0v) is 12.3. The van der Waals surface area contributed by atoms with Gasteiger partial charge in [0.15, 0.2) is 0 Å². The lowest BCUT2D eigenvalue weighted by molar-refractivity contribution is 0.137. The lowest BCUT2D eigenvalue weighted by Crippen LogP contribution is -2.23. The molecule has 6 heteroatoms. The van der Waals surface area contributed by atoms with Gasteiger partial charge in [-0.1, -0.05) is 12.1 Å². The lowest BCUT2D eigenvalue weighted by Gasteiger charge is -2.07. The Balaban J connectivity index is 1.47. The van der Waals surface area contributed by atoms with E-state index >= 15 is 0 Å². The van der Waals surface area contributed by atoms with E-state index in [1.54, 1.807) is 31.0 Å². The molecule has 0 aliphatic carbocycles. The van der Waals surface area contributed by atoms with Crippen molar-refractivity contribution in [3.05, 3.63) is 72.6 Å². The first-order chi connectivity index (χ1) is 11.3. The predicted octanol–water partition coefficient (Wildman–Crippen LogP) is 3.16. The van der Waals surface area contributed by atoms with Crippen LogP contribution < -0.4 is 5.32 Å². The molecule has 23 heavy (non-hydrogen) atoms. The maximum atomic E-state index is 11.6. The number of carbonyl (C=O) groups excluding carboxylic acids is 1. The molecule has 6 nitrogen and oxygen atoms in total. The van der Waals surface area contributed by atoms with Crippen LogP contribution in [-0.2, 0) is 17.9 Å². The number of furan rings is 1. The molecular formula is C17H15N3O3. The number of nitrogens with one attached hydrogen (secondary N) is 1.